The molecule has 4 nitrogen and oxygen atoms in total. The summed E-state index contributed by atoms with van der Waals surface area (Å²) < 4.78 is 0. The van der Waals surface area contributed by atoms with Crippen LogP contribution in [-0.2, 0) is 11.2 Å². The topological polar surface area (TPSA) is 59.2 Å². The SMILES string of the molecule is Cc1cnc(CCN(C)C(=O)C(N)c2ccccc2)s1. The summed E-state index contributed by atoms with van der Waals surface area (Å²) in [5.41, 5.74) is 6.85. The summed E-state index contributed by atoms with van der Waals surface area (Å²) in [6, 6.07) is 8.84. The predicted octanol–water partition coefficient (Wildman–Crippen LogP) is 2.15. The van der Waals surface area contributed by atoms with Gasteiger partial charge in [0.2, 0.25) is 5.91 Å². The second kappa shape index (κ2) is 6.63. The molecule has 0 radical (unpaired) electrons. The Balaban J connectivity index is 1.91. The number of amides is 1. The maximum Gasteiger partial charge on any atom is 0.243 e. The number of aromatic nitrogens is 1. The quantitative estimate of drug-likeness (QED) is 0.917. The third-order valence-electron chi connectivity index (χ3n) is 3.13. The minimum absolute atomic E-state index is 0.0653. The molecule has 5 heteroatoms. The lowest BCUT2D eigenvalue weighted by molar-refractivity contribution is -0.131. The molecule has 1 aromatic heterocycles. The van der Waals surface area contributed by atoms with E-state index >= 15 is 0 Å². The molecule has 2 N–H and O–H groups in total. The van der Waals surface area contributed by atoms with Gasteiger partial charge in [0.15, 0.2) is 0 Å². The molecule has 2 aromatic rings. The fourth-order valence-corrected chi connectivity index (χ4v) is 2.71. The summed E-state index contributed by atoms with van der Waals surface area (Å²) >= 11 is 1.67. The van der Waals surface area contributed by atoms with Crippen LogP contribution in [0.25, 0.3) is 0 Å². The standard InChI is InChI=1S/C15H19N3OS/c1-11-10-17-13(20-11)8-9-18(2)15(19)14(16)12-6-4-3-5-7-12/h3-7,10,14H,8-9,16H2,1-2H3. The molecule has 0 aliphatic heterocycles. The molecule has 1 amide bonds. The smallest absolute Gasteiger partial charge is 0.243 e. The summed E-state index contributed by atoms with van der Waals surface area (Å²) in [7, 11) is 1.78. The first-order chi connectivity index (χ1) is 9.58. The van der Waals surface area contributed by atoms with E-state index in [1.807, 2.05) is 43.5 Å². The largest absolute Gasteiger partial charge is 0.344 e. The molecular formula is C15H19N3OS. The summed E-state index contributed by atoms with van der Waals surface area (Å²) in [6.45, 7) is 2.66. The zero-order valence-electron chi connectivity index (χ0n) is 11.7. The van der Waals surface area contributed by atoms with Crippen LogP contribution in [0.5, 0.6) is 0 Å². The summed E-state index contributed by atoms with van der Waals surface area (Å²) in [5.74, 6) is -0.0653. The number of rotatable bonds is 5. The lowest BCUT2D eigenvalue weighted by Gasteiger charge is -2.21. The Bertz CT molecular complexity index is 568. The first-order valence-electron chi connectivity index (χ1n) is 6.54. The van der Waals surface area contributed by atoms with Crippen LogP contribution in [0, 0.1) is 6.92 Å². The van der Waals surface area contributed by atoms with Crippen molar-refractivity contribution < 1.29 is 4.79 Å². The number of thiazole rings is 1. The van der Waals surface area contributed by atoms with Gasteiger partial charge in [-0.15, -0.1) is 11.3 Å². The molecule has 2 rings (SSSR count). The van der Waals surface area contributed by atoms with Gasteiger partial charge < -0.3 is 10.6 Å². The number of nitrogens with zero attached hydrogens (tertiary/aromatic N) is 2. The van der Waals surface area contributed by atoms with Crippen molar-refractivity contribution in [2.24, 2.45) is 5.73 Å². The van der Waals surface area contributed by atoms with Gasteiger partial charge in [0.25, 0.3) is 0 Å². The molecule has 1 atom stereocenters. The molecule has 0 bridgehead atoms. The number of carbonyl (C=O) groups excluding carboxylic acids is 1. The second-order valence-corrected chi connectivity index (χ2v) is 6.08. The number of hydrogen-bond acceptors (Lipinski definition) is 4. The van der Waals surface area contributed by atoms with E-state index in [-0.39, 0.29) is 5.91 Å². The Morgan fingerprint density at radius 1 is 1.40 bits per heavy atom. The van der Waals surface area contributed by atoms with Crippen LogP contribution in [0.3, 0.4) is 0 Å². The van der Waals surface area contributed by atoms with Gasteiger partial charge in [-0.2, -0.15) is 0 Å². The second-order valence-electron chi connectivity index (χ2n) is 4.76. The van der Waals surface area contributed by atoms with Crippen LogP contribution in [0.4, 0.5) is 0 Å². The van der Waals surface area contributed by atoms with Crippen LogP contribution < -0.4 is 5.73 Å². The third kappa shape index (κ3) is 3.65. The van der Waals surface area contributed by atoms with Crippen LogP contribution in [-0.4, -0.2) is 29.4 Å². The van der Waals surface area contributed by atoms with Crippen molar-refractivity contribution in [2.45, 2.75) is 19.4 Å². The van der Waals surface area contributed by atoms with E-state index in [0.717, 1.165) is 17.0 Å². The number of aryl methyl sites for hydroxylation is 1. The maximum absolute atomic E-state index is 12.3. The van der Waals surface area contributed by atoms with E-state index in [2.05, 4.69) is 4.98 Å². The minimum Gasteiger partial charge on any atom is -0.344 e. The minimum atomic E-state index is -0.598. The number of benzene rings is 1. The van der Waals surface area contributed by atoms with Crippen molar-refractivity contribution in [1.82, 2.24) is 9.88 Å². The van der Waals surface area contributed by atoms with Crippen molar-refractivity contribution >= 4 is 17.2 Å². The molecule has 106 valence electrons. The van der Waals surface area contributed by atoms with E-state index in [4.69, 9.17) is 5.73 Å². The van der Waals surface area contributed by atoms with E-state index in [1.54, 1.807) is 23.3 Å². The van der Waals surface area contributed by atoms with E-state index in [9.17, 15) is 4.79 Å². The molecule has 0 aliphatic rings. The molecule has 1 heterocycles. The monoisotopic (exact) mass is 289 g/mol. The van der Waals surface area contributed by atoms with Crippen molar-refractivity contribution in [3.05, 3.63) is 52.0 Å². The van der Waals surface area contributed by atoms with Crippen LogP contribution in [0.2, 0.25) is 0 Å². The van der Waals surface area contributed by atoms with Gasteiger partial charge in [-0.25, -0.2) is 4.98 Å². The Labute approximate surface area is 123 Å². The third-order valence-corrected chi connectivity index (χ3v) is 4.10. The highest BCUT2D eigenvalue weighted by molar-refractivity contribution is 7.11. The average molecular weight is 289 g/mol. The van der Waals surface area contributed by atoms with Crippen molar-refractivity contribution in [1.29, 1.82) is 0 Å². The number of carbonyl (C=O) groups is 1. The van der Waals surface area contributed by atoms with Crippen molar-refractivity contribution in [3.8, 4) is 0 Å². The predicted molar refractivity (Wildman–Crippen MR) is 81.6 cm³/mol. The first kappa shape index (κ1) is 14.7. The molecule has 0 aliphatic carbocycles. The maximum atomic E-state index is 12.3. The van der Waals surface area contributed by atoms with Crippen molar-refractivity contribution in [2.75, 3.05) is 13.6 Å². The average Bonchev–Trinajstić information content (AvgIpc) is 2.89. The van der Waals surface area contributed by atoms with Gasteiger partial charge in [0, 0.05) is 31.1 Å². The van der Waals surface area contributed by atoms with Gasteiger partial charge in [-0.05, 0) is 12.5 Å². The number of hydrogen-bond donors (Lipinski definition) is 1. The summed E-state index contributed by atoms with van der Waals surface area (Å²) in [4.78, 5) is 19.4. The van der Waals surface area contributed by atoms with Crippen molar-refractivity contribution in [3.63, 3.8) is 0 Å². The highest BCUT2D eigenvalue weighted by Crippen LogP contribution is 2.14. The summed E-state index contributed by atoms with van der Waals surface area (Å²) in [5, 5.41) is 1.05. The lowest BCUT2D eigenvalue weighted by Crippen LogP contribution is -2.37. The molecule has 20 heavy (non-hydrogen) atoms. The zero-order valence-corrected chi connectivity index (χ0v) is 12.6. The summed E-state index contributed by atoms with van der Waals surface area (Å²) in [6.07, 6.45) is 2.62. The number of likely N-dealkylation sites (N-methyl/N-ethyl adjacent to an activating group) is 1. The fraction of sp³-hybridized carbons (Fsp3) is 0.333. The van der Waals surface area contributed by atoms with E-state index < -0.39 is 6.04 Å². The normalized spacial score (nSPS) is 12.2. The highest BCUT2D eigenvalue weighted by Gasteiger charge is 2.19. The van der Waals surface area contributed by atoms with Crippen LogP contribution >= 0.6 is 11.3 Å². The Morgan fingerprint density at radius 2 is 2.10 bits per heavy atom. The Kier molecular flexibility index (Phi) is 4.87. The van der Waals surface area contributed by atoms with Gasteiger partial charge in [-0.3, -0.25) is 4.79 Å². The molecule has 0 fully saturated rings. The van der Waals surface area contributed by atoms with Gasteiger partial charge in [0.05, 0.1) is 5.01 Å². The van der Waals surface area contributed by atoms with Crippen LogP contribution in [0.1, 0.15) is 21.5 Å². The van der Waals surface area contributed by atoms with Gasteiger partial charge >= 0.3 is 0 Å². The lowest BCUT2D eigenvalue weighted by atomic mass is 10.1. The van der Waals surface area contributed by atoms with Crippen LogP contribution in [0.15, 0.2) is 36.5 Å². The fourth-order valence-electron chi connectivity index (χ4n) is 1.93. The molecule has 0 spiro atoms. The highest BCUT2D eigenvalue weighted by atomic mass is 32.1. The Morgan fingerprint density at radius 3 is 2.70 bits per heavy atom. The number of nitrogens with two attached hydrogens (primary N) is 1. The van der Waals surface area contributed by atoms with Gasteiger partial charge in [-0.1, -0.05) is 30.3 Å². The van der Waals surface area contributed by atoms with Gasteiger partial charge in [0.1, 0.15) is 6.04 Å². The Hall–Kier alpha value is -1.72. The molecule has 1 unspecified atom stereocenters. The molecular weight excluding hydrogens is 270 g/mol. The molecule has 0 saturated heterocycles. The van der Waals surface area contributed by atoms with E-state index in [1.165, 1.54) is 4.88 Å². The zero-order chi connectivity index (χ0) is 14.5. The first-order valence-corrected chi connectivity index (χ1v) is 7.36. The van der Waals surface area contributed by atoms with E-state index in [0.29, 0.717) is 6.54 Å². The molecule has 0 saturated carbocycles. The molecule has 1 aromatic carbocycles.